The average Bonchev–Trinajstić information content (AvgIpc) is 3.18. The molecule has 0 unspecified atom stereocenters. The lowest BCUT2D eigenvalue weighted by Crippen LogP contribution is -2.35. The highest BCUT2D eigenvalue weighted by Gasteiger charge is 2.31. The highest BCUT2D eigenvalue weighted by atomic mass is 32.2. The second-order valence-corrected chi connectivity index (χ2v) is 7.05. The van der Waals surface area contributed by atoms with Gasteiger partial charge in [-0.1, -0.05) is 12.1 Å². The molecule has 9 nitrogen and oxygen atoms in total. The number of ether oxygens (including phenoxy) is 1. The van der Waals surface area contributed by atoms with E-state index in [1.807, 2.05) is 0 Å². The summed E-state index contributed by atoms with van der Waals surface area (Å²) in [5.41, 5.74) is 0.124. The summed E-state index contributed by atoms with van der Waals surface area (Å²) in [4.78, 5) is 24.6. The molecule has 1 aliphatic heterocycles. The van der Waals surface area contributed by atoms with Crippen molar-refractivity contribution in [2.75, 3.05) is 19.5 Å². The quantitative estimate of drug-likeness (QED) is 0.793. The molecule has 1 amide bonds. The van der Waals surface area contributed by atoms with Crippen LogP contribution in [0.5, 0.6) is 0 Å². The maximum absolute atomic E-state index is 12.7. The van der Waals surface area contributed by atoms with E-state index in [2.05, 4.69) is 14.5 Å². The van der Waals surface area contributed by atoms with E-state index >= 15 is 0 Å². The van der Waals surface area contributed by atoms with Gasteiger partial charge < -0.3 is 14.5 Å². The summed E-state index contributed by atoms with van der Waals surface area (Å²) >= 11 is 0. The SMILES string of the molecule is COC(=O)c1ccccc1NC(=O)C1=CC(c2ccco2)=NS(=O)(=O)N1C. The van der Waals surface area contributed by atoms with Gasteiger partial charge in [-0.15, -0.1) is 4.40 Å². The monoisotopic (exact) mass is 389 g/mol. The number of hydrogen-bond donors (Lipinski definition) is 1. The van der Waals surface area contributed by atoms with Gasteiger partial charge in [0.25, 0.3) is 5.91 Å². The Hall–Kier alpha value is -3.40. The minimum Gasteiger partial charge on any atom is -0.465 e. The molecule has 0 spiro atoms. The van der Waals surface area contributed by atoms with Gasteiger partial charge in [0.05, 0.1) is 24.6 Å². The molecule has 1 aromatic heterocycles. The van der Waals surface area contributed by atoms with Crippen LogP contribution in [0.3, 0.4) is 0 Å². The van der Waals surface area contributed by atoms with E-state index in [1.54, 1.807) is 18.2 Å². The fourth-order valence-electron chi connectivity index (χ4n) is 2.37. The molecular weight excluding hydrogens is 374 g/mol. The smallest absolute Gasteiger partial charge is 0.345 e. The summed E-state index contributed by atoms with van der Waals surface area (Å²) in [5.74, 6) is -1.18. The fourth-order valence-corrected chi connectivity index (χ4v) is 3.27. The molecule has 0 aliphatic carbocycles. The third-order valence-corrected chi connectivity index (χ3v) is 5.08. The largest absolute Gasteiger partial charge is 0.465 e. The summed E-state index contributed by atoms with van der Waals surface area (Å²) in [6, 6.07) is 9.31. The van der Waals surface area contributed by atoms with Gasteiger partial charge in [-0.05, 0) is 30.3 Å². The van der Waals surface area contributed by atoms with Crippen molar-refractivity contribution in [3.05, 3.63) is 65.8 Å². The van der Waals surface area contributed by atoms with E-state index in [0.717, 1.165) is 4.31 Å². The Balaban J connectivity index is 1.97. The second kappa shape index (κ2) is 7.08. The first-order valence-corrected chi connectivity index (χ1v) is 9.06. The first-order valence-electron chi connectivity index (χ1n) is 7.66. The Labute approximate surface area is 155 Å². The number of hydrogen-bond acceptors (Lipinski definition) is 6. The van der Waals surface area contributed by atoms with Crippen LogP contribution in [-0.4, -0.2) is 44.5 Å². The minimum atomic E-state index is -4.11. The van der Waals surface area contributed by atoms with Gasteiger partial charge in [0.1, 0.15) is 11.4 Å². The van der Waals surface area contributed by atoms with Crippen LogP contribution >= 0.6 is 0 Å². The molecule has 0 radical (unpaired) electrons. The molecule has 0 saturated heterocycles. The fraction of sp³-hybridized carbons (Fsp3) is 0.118. The molecule has 0 fully saturated rings. The van der Waals surface area contributed by atoms with Crippen molar-refractivity contribution >= 4 is 33.5 Å². The highest BCUT2D eigenvalue weighted by molar-refractivity contribution is 7.88. The number of methoxy groups -OCH3 is 1. The lowest BCUT2D eigenvalue weighted by atomic mass is 10.1. The normalized spacial score (nSPS) is 15.6. The molecule has 140 valence electrons. The highest BCUT2D eigenvalue weighted by Crippen LogP contribution is 2.22. The number of likely N-dealkylation sites (N-methyl/N-ethyl adjacent to an activating group) is 1. The molecule has 1 aliphatic rings. The number of carbonyl (C=O) groups excluding carboxylic acids is 2. The number of amides is 1. The molecule has 0 atom stereocenters. The first-order chi connectivity index (χ1) is 12.8. The van der Waals surface area contributed by atoms with Gasteiger partial charge in [-0.3, -0.25) is 4.79 Å². The van der Waals surface area contributed by atoms with Crippen LogP contribution in [0.1, 0.15) is 16.1 Å². The number of para-hydroxylation sites is 1. The van der Waals surface area contributed by atoms with Crippen molar-refractivity contribution in [2.24, 2.45) is 4.40 Å². The van der Waals surface area contributed by atoms with Crippen molar-refractivity contribution in [3.8, 4) is 0 Å². The molecule has 10 heteroatoms. The number of anilines is 1. The Bertz CT molecular complexity index is 1050. The van der Waals surface area contributed by atoms with E-state index in [4.69, 9.17) is 4.42 Å². The molecule has 1 aromatic carbocycles. The van der Waals surface area contributed by atoms with Crippen molar-refractivity contribution < 1.29 is 27.2 Å². The Kier molecular flexibility index (Phi) is 4.82. The topological polar surface area (TPSA) is 118 Å². The van der Waals surface area contributed by atoms with Crippen molar-refractivity contribution in [2.45, 2.75) is 0 Å². The average molecular weight is 389 g/mol. The number of allylic oxidation sites excluding steroid dienone is 1. The minimum absolute atomic E-state index is 0.00972. The van der Waals surface area contributed by atoms with Gasteiger partial charge in [0.2, 0.25) is 0 Å². The molecule has 1 N–H and O–H groups in total. The third kappa shape index (κ3) is 3.60. The van der Waals surface area contributed by atoms with Gasteiger partial charge in [-0.2, -0.15) is 8.42 Å². The zero-order chi connectivity index (χ0) is 19.6. The number of furan rings is 1. The van der Waals surface area contributed by atoms with Gasteiger partial charge >= 0.3 is 16.2 Å². The van der Waals surface area contributed by atoms with Gasteiger partial charge in [0, 0.05) is 7.05 Å². The van der Waals surface area contributed by atoms with Crippen LogP contribution in [0.15, 0.2) is 63.2 Å². The standard InChI is InChI=1S/C17H15N3O6S/c1-20-14(10-13(19-27(20,23)24)15-8-5-9-26-15)16(21)18-12-7-4-3-6-11(12)17(22)25-2/h3-10H,1-2H3,(H,18,21). The first kappa shape index (κ1) is 18.4. The molecule has 27 heavy (non-hydrogen) atoms. The maximum atomic E-state index is 12.7. The summed E-state index contributed by atoms with van der Waals surface area (Å²) in [6.45, 7) is 0. The molecule has 2 heterocycles. The number of nitrogens with one attached hydrogen (secondary N) is 1. The van der Waals surface area contributed by atoms with Crippen LogP contribution < -0.4 is 5.32 Å². The summed E-state index contributed by atoms with van der Waals surface area (Å²) < 4.78 is 38.8. The second-order valence-electron chi connectivity index (χ2n) is 5.42. The molecule has 0 bridgehead atoms. The van der Waals surface area contributed by atoms with Crippen molar-refractivity contribution in [3.63, 3.8) is 0 Å². The van der Waals surface area contributed by atoms with E-state index in [9.17, 15) is 18.0 Å². The number of esters is 1. The number of carbonyl (C=O) groups is 2. The van der Waals surface area contributed by atoms with Gasteiger partial charge in [0.15, 0.2) is 5.76 Å². The number of nitrogens with zero attached hydrogens (tertiary/aromatic N) is 2. The Morgan fingerprint density at radius 2 is 1.93 bits per heavy atom. The van der Waals surface area contributed by atoms with Crippen LogP contribution in [0, 0.1) is 0 Å². The summed E-state index contributed by atoms with van der Waals surface area (Å²) in [6.07, 6.45) is 2.65. The lowest BCUT2D eigenvalue weighted by molar-refractivity contribution is -0.113. The number of benzene rings is 1. The molecule has 0 saturated carbocycles. The lowest BCUT2D eigenvalue weighted by Gasteiger charge is -2.23. The van der Waals surface area contributed by atoms with E-state index in [0.29, 0.717) is 0 Å². The molecule has 3 rings (SSSR count). The summed E-state index contributed by atoms with van der Waals surface area (Å²) in [5, 5.41) is 2.53. The Morgan fingerprint density at radius 1 is 1.19 bits per heavy atom. The predicted octanol–water partition coefficient (Wildman–Crippen LogP) is 1.57. The predicted molar refractivity (Wildman–Crippen MR) is 96.4 cm³/mol. The third-order valence-electron chi connectivity index (χ3n) is 3.76. The van der Waals surface area contributed by atoms with Crippen molar-refractivity contribution in [1.82, 2.24) is 4.31 Å². The summed E-state index contributed by atoms with van der Waals surface area (Å²) in [7, 11) is -1.69. The molecule has 2 aromatic rings. The van der Waals surface area contributed by atoms with Crippen LogP contribution in [0.2, 0.25) is 0 Å². The van der Waals surface area contributed by atoms with Crippen LogP contribution in [0.4, 0.5) is 5.69 Å². The van der Waals surface area contributed by atoms with E-state index < -0.39 is 22.1 Å². The van der Waals surface area contributed by atoms with E-state index in [1.165, 1.54) is 44.7 Å². The maximum Gasteiger partial charge on any atom is 0.345 e. The molecular formula is C17H15N3O6S. The number of rotatable bonds is 4. The van der Waals surface area contributed by atoms with Crippen LogP contribution in [0.25, 0.3) is 0 Å². The van der Waals surface area contributed by atoms with Gasteiger partial charge in [-0.25, -0.2) is 9.10 Å². The van der Waals surface area contributed by atoms with Crippen LogP contribution in [-0.2, 0) is 19.7 Å². The van der Waals surface area contributed by atoms with E-state index in [-0.39, 0.29) is 28.4 Å². The zero-order valence-corrected chi connectivity index (χ0v) is 15.2. The Morgan fingerprint density at radius 3 is 2.59 bits per heavy atom. The zero-order valence-electron chi connectivity index (χ0n) is 14.4. The van der Waals surface area contributed by atoms with Crippen molar-refractivity contribution in [1.29, 1.82) is 0 Å².